The third-order valence-electron chi connectivity index (χ3n) is 3.08. The van der Waals surface area contributed by atoms with Crippen LogP contribution in [0.3, 0.4) is 0 Å². The minimum Gasteiger partial charge on any atom is -0.345 e. The van der Waals surface area contributed by atoms with E-state index < -0.39 is 0 Å². The zero-order chi connectivity index (χ0) is 15.2. The van der Waals surface area contributed by atoms with Gasteiger partial charge < -0.3 is 4.90 Å². The number of hydrogen-bond acceptors (Lipinski definition) is 6. The number of thiazole rings is 2. The van der Waals surface area contributed by atoms with Gasteiger partial charge in [0.1, 0.15) is 4.34 Å². The lowest BCUT2D eigenvalue weighted by atomic mass is 10.2. The highest BCUT2D eigenvalue weighted by molar-refractivity contribution is 8.00. The molecule has 0 aliphatic rings. The van der Waals surface area contributed by atoms with E-state index >= 15 is 0 Å². The number of hydrogen-bond donors (Lipinski definition) is 0. The van der Waals surface area contributed by atoms with Gasteiger partial charge in [-0.15, -0.1) is 22.7 Å². The van der Waals surface area contributed by atoms with Crippen LogP contribution in [0.2, 0.25) is 0 Å². The van der Waals surface area contributed by atoms with E-state index in [4.69, 9.17) is 0 Å². The van der Waals surface area contributed by atoms with Crippen LogP contribution in [0, 0.1) is 6.92 Å². The van der Waals surface area contributed by atoms with Crippen LogP contribution < -0.4 is 0 Å². The van der Waals surface area contributed by atoms with Gasteiger partial charge in [0.2, 0.25) is 5.91 Å². The van der Waals surface area contributed by atoms with Crippen LogP contribution in [0.4, 0.5) is 0 Å². The number of likely N-dealkylation sites (N-methyl/N-ethyl adjacent to an activating group) is 1. The van der Waals surface area contributed by atoms with Crippen LogP contribution >= 0.6 is 34.4 Å². The predicted octanol–water partition coefficient (Wildman–Crippen LogP) is 3.26. The second-order valence-corrected chi connectivity index (χ2v) is 7.95. The molecule has 2 aromatic rings. The van der Waals surface area contributed by atoms with Crippen LogP contribution in [0.5, 0.6) is 0 Å². The highest BCUT2D eigenvalue weighted by Gasteiger charge is 2.13. The number of carbonyl (C=O) groups is 1. The number of aromatic nitrogens is 2. The molecule has 1 amide bonds. The Balaban J connectivity index is 1.83. The lowest BCUT2D eigenvalue weighted by molar-refractivity contribution is -0.129. The van der Waals surface area contributed by atoms with Crippen LogP contribution in [-0.2, 0) is 17.6 Å². The van der Waals surface area contributed by atoms with E-state index in [9.17, 15) is 4.79 Å². The van der Waals surface area contributed by atoms with E-state index in [0.29, 0.717) is 6.42 Å². The second-order valence-electron chi connectivity index (χ2n) is 4.64. The van der Waals surface area contributed by atoms with Crippen molar-refractivity contribution < 1.29 is 4.79 Å². The quantitative estimate of drug-likeness (QED) is 0.725. The number of aryl methyl sites for hydroxylation is 1. The molecule has 0 unspecified atom stereocenters. The molecule has 0 aromatic carbocycles. The summed E-state index contributed by atoms with van der Waals surface area (Å²) in [6, 6.07) is 0. The monoisotopic (exact) mass is 341 g/mol. The highest BCUT2D eigenvalue weighted by Crippen LogP contribution is 2.22. The van der Waals surface area contributed by atoms with Crippen molar-refractivity contribution >= 4 is 40.3 Å². The fourth-order valence-corrected chi connectivity index (χ4v) is 4.32. The first-order valence-corrected chi connectivity index (χ1v) is 9.54. The standard InChI is InChI=1S/C14H19N3OS3/c1-4-19-14-16-11(8-20-14)7-13(18)17(3)6-5-12-10(2)15-9-21-12/h8-9H,4-7H2,1-3H3. The Morgan fingerprint density at radius 2 is 2.24 bits per heavy atom. The molecule has 0 aliphatic heterocycles. The largest absolute Gasteiger partial charge is 0.345 e. The van der Waals surface area contributed by atoms with E-state index in [0.717, 1.165) is 34.4 Å². The molecule has 2 rings (SSSR count). The second kappa shape index (κ2) is 7.91. The van der Waals surface area contributed by atoms with Gasteiger partial charge in [-0.1, -0.05) is 18.7 Å². The average Bonchev–Trinajstić information content (AvgIpc) is 3.06. The van der Waals surface area contributed by atoms with Crippen molar-refractivity contribution in [3.05, 3.63) is 27.2 Å². The van der Waals surface area contributed by atoms with Crippen LogP contribution in [-0.4, -0.2) is 40.1 Å². The Kier molecular flexibility index (Phi) is 6.20. The van der Waals surface area contributed by atoms with Gasteiger partial charge in [0.05, 0.1) is 23.3 Å². The maximum absolute atomic E-state index is 12.2. The third kappa shape index (κ3) is 4.79. The fraction of sp³-hybridized carbons (Fsp3) is 0.500. The maximum Gasteiger partial charge on any atom is 0.228 e. The first-order chi connectivity index (χ1) is 10.1. The van der Waals surface area contributed by atoms with Crippen LogP contribution in [0.25, 0.3) is 0 Å². The van der Waals surface area contributed by atoms with Crippen molar-refractivity contribution in [1.82, 2.24) is 14.9 Å². The number of carbonyl (C=O) groups excluding carboxylic acids is 1. The van der Waals surface area contributed by atoms with Gasteiger partial charge in [-0.25, -0.2) is 9.97 Å². The van der Waals surface area contributed by atoms with Crippen LogP contribution in [0.15, 0.2) is 15.2 Å². The van der Waals surface area contributed by atoms with Crippen molar-refractivity contribution in [2.45, 2.75) is 31.0 Å². The van der Waals surface area contributed by atoms with Crippen LogP contribution in [0.1, 0.15) is 23.2 Å². The van der Waals surface area contributed by atoms with Gasteiger partial charge in [-0.3, -0.25) is 4.79 Å². The molecule has 0 radical (unpaired) electrons. The summed E-state index contributed by atoms with van der Waals surface area (Å²) < 4.78 is 1.04. The van der Waals surface area contributed by atoms with Crippen molar-refractivity contribution in [2.24, 2.45) is 0 Å². The lowest BCUT2D eigenvalue weighted by Crippen LogP contribution is -2.30. The van der Waals surface area contributed by atoms with E-state index in [-0.39, 0.29) is 5.91 Å². The number of thioether (sulfide) groups is 1. The van der Waals surface area contributed by atoms with Crippen molar-refractivity contribution in [1.29, 1.82) is 0 Å². The first-order valence-electron chi connectivity index (χ1n) is 6.80. The van der Waals surface area contributed by atoms with Gasteiger partial charge in [0.15, 0.2) is 0 Å². The molecule has 2 aromatic heterocycles. The number of amides is 1. The summed E-state index contributed by atoms with van der Waals surface area (Å²) in [6.07, 6.45) is 1.26. The van der Waals surface area contributed by atoms with E-state index in [2.05, 4.69) is 16.9 Å². The van der Waals surface area contributed by atoms with Gasteiger partial charge in [0, 0.05) is 30.3 Å². The topological polar surface area (TPSA) is 46.1 Å². The summed E-state index contributed by atoms with van der Waals surface area (Å²) in [7, 11) is 1.85. The number of nitrogens with zero attached hydrogens (tertiary/aromatic N) is 3. The summed E-state index contributed by atoms with van der Waals surface area (Å²) in [6.45, 7) is 4.84. The molecule has 114 valence electrons. The molecule has 0 bridgehead atoms. The summed E-state index contributed by atoms with van der Waals surface area (Å²) in [5.74, 6) is 1.13. The summed E-state index contributed by atoms with van der Waals surface area (Å²) in [5.41, 5.74) is 3.80. The predicted molar refractivity (Wildman–Crippen MR) is 90.4 cm³/mol. The zero-order valence-corrected chi connectivity index (χ0v) is 14.9. The normalized spacial score (nSPS) is 10.8. The molecule has 2 heterocycles. The molecule has 21 heavy (non-hydrogen) atoms. The molecule has 0 saturated heterocycles. The molecule has 0 spiro atoms. The van der Waals surface area contributed by atoms with Gasteiger partial charge in [-0.05, 0) is 12.7 Å². The van der Waals surface area contributed by atoms with Gasteiger partial charge in [0.25, 0.3) is 0 Å². The molecule has 0 atom stereocenters. The van der Waals surface area contributed by atoms with E-state index in [1.807, 2.05) is 24.9 Å². The molecule has 0 saturated carbocycles. The Morgan fingerprint density at radius 1 is 1.43 bits per heavy atom. The SMILES string of the molecule is CCSc1nc(CC(=O)N(C)CCc2scnc2C)cs1. The van der Waals surface area contributed by atoms with E-state index in [1.54, 1.807) is 39.3 Å². The van der Waals surface area contributed by atoms with Crippen molar-refractivity contribution in [3.63, 3.8) is 0 Å². The molecule has 0 aliphatic carbocycles. The summed E-state index contributed by atoms with van der Waals surface area (Å²) in [5, 5.41) is 1.98. The lowest BCUT2D eigenvalue weighted by Gasteiger charge is -2.16. The minimum atomic E-state index is 0.121. The van der Waals surface area contributed by atoms with Crippen molar-refractivity contribution in [3.8, 4) is 0 Å². The van der Waals surface area contributed by atoms with Gasteiger partial charge >= 0.3 is 0 Å². The average molecular weight is 342 g/mol. The maximum atomic E-state index is 12.2. The molecular weight excluding hydrogens is 322 g/mol. The highest BCUT2D eigenvalue weighted by atomic mass is 32.2. The minimum absolute atomic E-state index is 0.121. The smallest absolute Gasteiger partial charge is 0.228 e. The molecule has 0 N–H and O–H groups in total. The molecular formula is C14H19N3OS3. The Hall–Kier alpha value is -0.920. The Labute approximate surface area is 137 Å². The molecule has 0 fully saturated rings. The number of rotatable bonds is 7. The zero-order valence-electron chi connectivity index (χ0n) is 12.5. The first kappa shape index (κ1) is 16.5. The van der Waals surface area contributed by atoms with Crippen molar-refractivity contribution in [2.75, 3.05) is 19.3 Å². The van der Waals surface area contributed by atoms with E-state index in [1.165, 1.54) is 4.88 Å². The Bertz CT molecular complexity index is 594. The Morgan fingerprint density at radius 3 is 2.90 bits per heavy atom. The summed E-state index contributed by atoms with van der Waals surface area (Å²) >= 11 is 4.99. The fourth-order valence-electron chi connectivity index (χ4n) is 1.81. The molecule has 4 nitrogen and oxygen atoms in total. The third-order valence-corrected chi connectivity index (χ3v) is 6.02. The van der Waals surface area contributed by atoms with Gasteiger partial charge in [-0.2, -0.15) is 0 Å². The molecule has 7 heteroatoms. The summed E-state index contributed by atoms with van der Waals surface area (Å²) in [4.78, 5) is 23.9.